The van der Waals surface area contributed by atoms with Crippen LogP contribution in [-0.2, 0) is 0 Å². The molecule has 25 heavy (non-hydrogen) atoms. The van der Waals surface area contributed by atoms with Crippen LogP contribution in [-0.4, -0.2) is 68.2 Å². The van der Waals surface area contributed by atoms with Crippen molar-refractivity contribution in [3.8, 4) is 5.75 Å². The van der Waals surface area contributed by atoms with Crippen molar-refractivity contribution >= 4 is 5.96 Å². The summed E-state index contributed by atoms with van der Waals surface area (Å²) in [5.41, 5.74) is 1.19. The average Bonchev–Trinajstić information content (AvgIpc) is 3.31. The van der Waals surface area contributed by atoms with Gasteiger partial charge in [0, 0.05) is 45.8 Å². The monoisotopic (exact) mass is 342 g/mol. The molecule has 0 aromatic heterocycles. The van der Waals surface area contributed by atoms with Crippen LogP contribution < -0.4 is 10.1 Å². The summed E-state index contributed by atoms with van der Waals surface area (Å²) >= 11 is 0. The number of hydrogen-bond donors (Lipinski definition) is 1. The minimum Gasteiger partial charge on any atom is -0.493 e. The standard InChI is InChI=1S/C20H30N4O/c1-17-8-3-4-9-19(17)25-15-7-11-22-20(21-2)24-14-10-18(16-24)23-12-5-6-13-23/h3-6,8-9,18H,7,10-16H2,1-2H3,(H,21,22). The van der Waals surface area contributed by atoms with Gasteiger partial charge in [-0.2, -0.15) is 0 Å². The highest BCUT2D eigenvalue weighted by atomic mass is 16.5. The van der Waals surface area contributed by atoms with E-state index in [1.165, 1.54) is 12.0 Å². The first-order valence-corrected chi connectivity index (χ1v) is 9.31. The van der Waals surface area contributed by atoms with Gasteiger partial charge in [-0.1, -0.05) is 30.4 Å². The predicted molar refractivity (Wildman–Crippen MR) is 103 cm³/mol. The maximum absolute atomic E-state index is 5.86. The molecule has 5 heteroatoms. The third-order valence-corrected chi connectivity index (χ3v) is 4.99. The van der Waals surface area contributed by atoms with Gasteiger partial charge >= 0.3 is 0 Å². The molecule has 1 fully saturated rings. The minimum absolute atomic E-state index is 0.651. The Morgan fingerprint density at radius 2 is 2.08 bits per heavy atom. The molecule has 5 nitrogen and oxygen atoms in total. The zero-order chi connectivity index (χ0) is 17.5. The van der Waals surface area contributed by atoms with Crippen molar-refractivity contribution in [2.24, 2.45) is 4.99 Å². The van der Waals surface area contributed by atoms with Crippen LogP contribution in [0.3, 0.4) is 0 Å². The van der Waals surface area contributed by atoms with Gasteiger partial charge in [0.2, 0.25) is 0 Å². The highest BCUT2D eigenvalue weighted by Crippen LogP contribution is 2.18. The lowest BCUT2D eigenvalue weighted by Gasteiger charge is -2.25. The van der Waals surface area contributed by atoms with E-state index in [-0.39, 0.29) is 0 Å². The van der Waals surface area contributed by atoms with Crippen molar-refractivity contribution in [1.82, 2.24) is 15.1 Å². The van der Waals surface area contributed by atoms with Gasteiger partial charge in [0.25, 0.3) is 0 Å². The van der Waals surface area contributed by atoms with Crippen molar-refractivity contribution in [2.75, 3.05) is 46.4 Å². The van der Waals surface area contributed by atoms with Gasteiger partial charge in [0.15, 0.2) is 5.96 Å². The SMILES string of the molecule is CN=C(NCCCOc1ccccc1C)N1CCC(N2CC=CC2)C1. The third kappa shape index (κ3) is 4.75. The van der Waals surface area contributed by atoms with Crippen LogP contribution in [0.5, 0.6) is 5.75 Å². The molecule has 1 unspecified atom stereocenters. The zero-order valence-electron chi connectivity index (χ0n) is 15.4. The summed E-state index contributed by atoms with van der Waals surface area (Å²) in [5.74, 6) is 2.00. The fourth-order valence-corrected chi connectivity index (χ4v) is 3.53. The van der Waals surface area contributed by atoms with Crippen LogP contribution in [0.25, 0.3) is 0 Å². The van der Waals surface area contributed by atoms with E-state index in [4.69, 9.17) is 4.74 Å². The minimum atomic E-state index is 0.651. The van der Waals surface area contributed by atoms with E-state index in [9.17, 15) is 0 Å². The molecule has 3 rings (SSSR count). The molecule has 1 atom stereocenters. The van der Waals surface area contributed by atoms with Crippen LogP contribution >= 0.6 is 0 Å². The van der Waals surface area contributed by atoms with Gasteiger partial charge in [-0.15, -0.1) is 0 Å². The Labute approximate surface area is 151 Å². The van der Waals surface area contributed by atoms with E-state index in [2.05, 4.69) is 45.3 Å². The molecule has 2 aliphatic rings. The average molecular weight is 342 g/mol. The first kappa shape index (κ1) is 17.8. The number of ether oxygens (including phenoxy) is 1. The molecule has 2 heterocycles. The Hall–Kier alpha value is -2.01. The summed E-state index contributed by atoms with van der Waals surface area (Å²) in [7, 11) is 1.87. The quantitative estimate of drug-likeness (QED) is 0.373. The normalized spacial score (nSPS) is 21.1. The van der Waals surface area contributed by atoms with Gasteiger partial charge in [-0.3, -0.25) is 9.89 Å². The molecule has 0 amide bonds. The Kier molecular flexibility index (Phi) is 6.34. The lowest BCUT2D eigenvalue weighted by atomic mass is 10.2. The number of nitrogens with zero attached hydrogens (tertiary/aromatic N) is 3. The fourth-order valence-electron chi connectivity index (χ4n) is 3.53. The van der Waals surface area contributed by atoms with E-state index >= 15 is 0 Å². The third-order valence-electron chi connectivity index (χ3n) is 4.99. The van der Waals surface area contributed by atoms with Gasteiger partial charge in [0.05, 0.1) is 6.61 Å². The second-order valence-electron chi connectivity index (χ2n) is 6.76. The van der Waals surface area contributed by atoms with Crippen LogP contribution in [0.2, 0.25) is 0 Å². The Morgan fingerprint density at radius 3 is 2.84 bits per heavy atom. The number of nitrogens with one attached hydrogen (secondary N) is 1. The molecular weight excluding hydrogens is 312 g/mol. The lowest BCUT2D eigenvalue weighted by Crippen LogP contribution is -2.43. The largest absolute Gasteiger partial charge is 0.493 e. The first-order chi connectivity index (χ1) is 12.3. The van der Waals surface area contributed by atoms with Crippen LogP contribution in [0, 0.1) is 6.92 Å². The van der Waals surface area contributed by atoms with Crippen LogP contribution in [0.15, 0.2) is 41.4 Å². The highest BCUT2D eigenvalue weighted by molar-refractivity contribution is 5.80. The molecule has 2 aliphatic heterocycles. The fraction of sp³-hybridized carbons (Fsp3) is 0.550. The van der Waals surface area contributed by atoms with Crippen molar-refractivity contribution in [3.63, 3.8) is 0 Å². The summed E-state index contributed by atoms with van der Waals surface area (Å²) < 4.78 is 5.86. The molecule has 1 aromatic carbocycles. The number of hydrogen-bond acceptors (Lipinski definition) is 3. The number of para-hydroxylation sites is 1. The second kappa shape index (κ2) is 8.90. The van der Waals surface area contributed by atoms with Gasteiger partial charge in [0.1, 0.15) is 5.75 Å². The summed E-state index contributed by atoms with van der Waals surface area (Å²) in [6, 6.07) is 8.81. The number of rotatable bonds is 6. The second-order valence-corrected chi connectivity index (χ2v) is 6.76. The molecule has 0 aliphatic carbocycles. The molecule has 1 N–H and O–H groups in total. The van der Waals surface area contributed by atoms with Crippen LogP contribution in [0.1, 0.15) is 18.4 Å². The number of aliphatic imine (C=N–C) groups is 1. The van der Waals surface area contributed by atoms with Crippen LogP contribution in [0.4, 0.5) is 0 Å². The van der Waals surface area contributed by atoms with E-state index in [1.54, 1.807) is 0 Å². The van der Waals surface area contributed by atoms with Crippen molar-refractivity contribution in [1.29, 1.82) is 0 Å². The summed E-state index contributed by atoms with van der Waals surface area (Å²) in [4.78, 5) is 9.38. The van der Waals surface area contributed by atoms with Crippen molar-refractivity contribution in [3.05, 3.63) is 42.0 Å². The predicted octanol–water partition coefficient (Wildman–Crippen LogP) is 2.29. The molecule has 1 saturated heterocycles. The number of benzene rings is 1. The molecule has 0 spiro atoms. The van der Waals surface area contributed by atoms with E-state index < -0.39 is 0 Å². The molecule has 0 radical (unpaired) electrons. The molecule has 1 aromatic rings. The summed E-state index contributed by atoms with van der Waals surface area (Å²) in [5, 5.41) is 3.49. The summed E-state index contributed by atoms with van der Waals surface area (Å²) in [6.45, 7) is 8.03. The smallest absolute Gasteiger partial charge is 0.193 e. The molecule has 0 saturated carbocycles. The Bertz CT molecular complexity index is 605. The van der Waals surface area contributed by atoms with E-state index in [1.807, 2.05) is 25.2 Å². The van der Waals surface area contributed by atoms with Gasteiger partial charge in [-0.25, -0.2) is 0 Å². The maximum Gasteiger partial charge on any atom is 0.193 e. The van der Waals surface area contributed by atoms with Gasteiger partial charge in [-0.05, 0) is 31.4 Å². The van der Waals surface area contributed by atoms with Crippen molar-refractivity contribution in [2.45, 2.75) is 25.8 Å². The highest BCUT2D eigenvalue weighted by Gasteiger charge is 2.29. The first-order valence-electron chi connectivity index (χ1n) is 9.31. The molecule has 136 valence electrons. The number of guanidine groups is 1. The van der Waals surface area contributed by atoms with E-state index in [0.29, 0.717) is 6.04 Å². The zero-order valence-corrected chi connectivity index (χ0v) is 15.4. The maximum atomic E-state index is 5.86. The van der Waals surface area contributed by atoms with Gasteiger partial charge < -0.3 is 15.0 Å². The number of aryl methyl sites for hydroxylation is 1. The Balaban J connectivity index is 1.36. The number of likely N-dealkylation sites (tertiary alicyclic amines) is 1. The summed E-state index contributed by atoms with van der Waals surface area (Å²) in [6.07, 6.45) is 6.72. The lowest BCUT2D eigenvalue weighted by molar-refractivity contribution is 0.259. The Morgan fingerprint density at radius 1 is 1.28 bits per heavy atom. The topological polar surface area (TPSA) is 40.1 Å². The van der Waals surface area contributed by atoms with Crippen molar-refractivity contribution < 1.29 is 4.74 Å². The van der Waals surface area contributed by atoms with E-state index in [0.717, 1.165) is 57.5 Å². The molecular formula is C20H30N4O. The molecule has 0 bridgehead atoms.